The first-order valence-electron chi connectivity index (χ1n) is 5.79. The van der Waals surface area contributed by atoms with E-state index in [-0.39, 0.29) is 11.0 Å². The highest BCUT2D eigenvalue weighted by molar-refractivity contribution is 7.86. The summed E-state index contributed by atoms with van der Waals surface area (Å²) in [6.07, 6.45) is 3.24. The molecule has 1 fully saturated rings. The summed E-state index contributed by atoms with van der Waals surface area (Å²) < 4.78 is 17.4. The van der Waals surface area contributed by atoms with Gasteiger partial charge in [0.2, 0.25) is 0 Å². The topological polar surface area (TPSA) is 43.4 Å². The number of carbonyl (C=O) groups is 1. The van der Waals surface area contributed by atoms with E-state index >= 15 is 0 Å². The summed E-state index contributed by atoms with van der Waals surface area (Å²) in [5.41, 5.74) is 0. The van der Waals surface area contributed by atoms with Gasteiger partial charge in [0.25, 0.3) is 0 Å². The number of Topliss-reactive ketones (excluding diaryl/α,β-unsaturated/α-hetero) is 1. The molecule has 1 aromatic carbocycles. The molecule has 0 aliphatic heterocycles. The molecule has 2 rings (SSSR count). The van der Waals surface area contributed by atoms with Crippen molar-refractivity contribution >= 4 is 16.6 Å². The van der Waals surface area contributed by atoms with Crippen molar-refractivity contribution in [2.75, 3.05) is 7.11 Å². The third kappa shape index (κ3) is 2.75. The molecule has 2 unspecified atom stereocenters. The second-order valence-electron chi connectivity index (χ2n) is 4.18. The standard InChI is InChI=1S/C13H16O3S/c1-16-10-5-4-6-11(9-10)17(15)13-8-3-2-7-12(13)14/h4-6,9,13H,2-3,7-8H2,1H3. The number of ether oxygens (including phenoxy) is 1. The molecule has 0 N–H and O–H groups in total. The normalized spacial score (nSPS) is 22.2. The summed E-state index contributed by atoms with van der Waals surface area (Å²) in [5, 5.41) is -0.323. The van der Waals surface area contributed by atoms with Crippen molar-refractivity contribution in [1.29, 1.82) is 0 Å². The minimum absolute atomic E-state index is 0.136. The Balaban J connectivity index is 2.20. The summed E-state index contributed by atoms with van der Waals surface area (Å²) in [7, 11) is 0.336. The Morgan fingerprint density at radius 3 is 2.88 bits per heavy atom. The van der Waals surface area contributed by atoms with Gasteiger partial charge >= 0.3 is 0 Å². The Kier molecular flexibility index (Phi) is 3.94. The molecule has 4 heteroatoms. The van der Waals surface area contributed by atoms with E-state index in [1.807, 2.05) is 6.07 Å². The van der Waals surface area contributed by atoms with Crippen molar-refractivity contribution in [1.82, 2.24) is 0 Å². The van der Waals surface area contributed by atoms with Gasteiger partial charge in [-0.05, 0) is 31.0 Å². The monoisotopic (exact) mass is 252 g/mol. The zero-order chi connectivity index (χ0) is 12.3. The molecule has 17 heavy (non-hydrogen) atoms. The highest BCUT2D eigenvalue weighted by Crippen LogP contribution is 2.25. The predicted molar refractivity (Wildman–Crippen MR) is 66.7 cm³/mol. The van der Waals surface area contributed by atoms with Gasteiger partial charge in [0.05, 0.1) is 23.2 Å². The summed E-state index contributed by atoms with van der Waals surface area (Å²) in [4.78, 5) is 12.4. The fourth-order valence-electron chi connectivity index (χ4n) is 2.07. The smallest absolute Gasteiger partial charge is 0.148 e. The van der Waals surface area contributed by atoms with Crippen molar-refractivity contribution < 1.29 is 13.7 Å². The maximum absolute atomic E-state index is 12.3. The molecule has 2 atom stereocenters. The molecule has 0 amide bonds. The molecule has 1 aliphatic rings. The first kappa shape index (κ1) is 12.3. The number of rotatable bonds is 3. The second-order valence-corrected chi connectivity index (χ2v) is 5.81. The molecule has 3 nitrogen and oxygen atoms in total. The van der Waals surface area contributed by atoms with Crippen LogP contribution in [0.4, 0.5) is 0 Å². The number of carbonyl (C=O) groups excluding carboxylic acids is 1. The van der Waals surface area contributed by atoms with Crippen molar-refractivity contribution in [3.63, 3.8) is 0 Å². The van der Waals surface area contributed by atoms with Crippen LogP contribution in [-0.2, 0) is 15.6 Å². The van der Waals surface area contributed by atoms with Gasteiger partial charge in [-0.2, -0.15) is 0 Å². The number of hydrogen-bond acceptors (Lipinski definition) is 3. The van der Waals surface area contributed by atoms with Gasteiger partial charge in [0, 0.05) is 11.3 Å². The number of ketones is 1. The van der Waals surface area contributed by atoms with E-state index in [1.165, 1.54) is 0 Å². The van der Waals surface area contributed by atoms with Gasteiger partial charge in [-0.3, -0.25) is 9.00 Å². The summed E-state index contributed by atoms with van der Waals surface area (Å²) in [5.74, 6) is 0.816. The molecule has 1 saturated carbocycles. The van der Waals surface area contributed by atoms with Gasteiger partial charge < -0.3 is 4.74 Å². The van der Waals surface area contributed by atoms with Gasteiger partial charge in [0.15, 0.2) is 0 Å². The average Bonchev–Trinajstić information content (AvgIpc) is 2.38. The molecule has 92 valence electrons. The Labute approximate surface area is 104 Å². The Hall–Kier alpha value is -1.16. The highest BCUT2D eigenvalue weighted by atomic mass is 32.2. The molecule has 0 spiro atoms. The minimum Gasteiger partial charge on any atom is -0.497 e. The van der Waals surface area contributed by atoms with E-state index in [0.29, 0.717) is 17.1 Å². The van der Waals surface area contributed by atoms with Crippen LogP contribution in [0.15, 0.2) is 29.2 Å². The Morgan fingerprint density at radius 2 is 2.18 bits per heavy atom. The van der Waals surface area contributed by atoms with E-state index < -0.39 is 10.8 Å². The second kappa shape index (κ2) is 5.45. The Morgan fingerprint density at radius 1 is 1.35 bits per heavy atom. The van der Waals surface area contributed by atoms with E-state index in [9.17, 15) is 9.00 Å². The van der Waals surface area contributed by atoms with Gasteiger partial charge in [-0.15, -0.1) is 0 Å². The molecule has 0 heterocycles. The van der Waals surface area contributed by atoms with E-state index in [2.05, 4.69) is 0 Å². The van der Waals surface area contributed by atoms with Crippen LogP contribution in [0.3, 0.4) is 0 Å². The van der Waals surface area contributed by atoms with Crippen LogP contribution in [0.5, 0.6) is 5.75 Å². The van der Waals surface area contributed by atoms with Gasteiger partial charge in [-0.25, -0.2) is 0 Å². The maximum atomic E-state index is 12.3. The van der Waals surface area contributed by atoms with Crippen LogP contribution in [0.25, 0.3) is 0 Å². The zero-order valence-electron chi connectivity index (χ0n) is 9.85. The van der Waals surface area contributed by atoms with Crippen LogP contribution in [0.2, 0.25) is 0 Å². The van der Waals surface area contributed by atoms with Crippen molar-refractivity contribution in [3.05, 3.63) is 24.3 Å². The Bertz CT molecular complexity index is 442. The summed E-state index contributed by atoms with van der Waals surface area (Å²) in [6, 6.07) is 7.15. The molecule has 0 aromatic heterocycles. The SMILES string of the molecule is COc1cccc(S(=O)C2CCCCC2=O)c1. The largest absolute Gasteiger partial charge is 0.497 e. The fraction of sp³-hybridized carbons (Fsp3) is 0.462. The van der Waals surface area contributed by atoms with E-state index in [0.717, 1.165) is 19.3 Å². The predicted octanol–water partition coefficient (Wildman–Crippen LogP) is 2.31. The first-order chi connectivity index (χ1) is 8.22. The van der Waals surface area contributed by atoms with Crippen molar-refractivity contribution in [2.45, 2.75) is 35.8 Å². The number of hydrogen-bond donors (Lipinski definition) is 0. The average molecular weight is 252 g/mol. The lowest BCUT2D eigenvalue weighted by molar-refractivity contribution is -0.119. The highest BCUT2D eigenvalue weighted by Gasteiger charge is 2.28. The molecular formula is C13H16O3S. The van der Waals surface area contributed by atoms with Gasteiger partial charge in [0.1, 0.15) is 11.5 Å². The lowest BCUT2D eigenvalue weighted by Gasteiger charge is -2.19. The third-order valence-electron chi connectivity index (χ3n) is 3.03. The molecule has 1 aromatic rings. The molecule has 0 bridgehead atoms. The van der Waals surface area contributed by atoms with Crippen LogP contribution >= 0.6 is 0 Å². The molecule has 0 radical (unpaired) electrons. The van der Waals surface area contributed by atoms with Crippen LogP contribution in [-0.4, -0.2) is 22.4 Å². The van der Waals surface area contributed by atoms with Crippen molar-refractivity contribution in [2.24, 2.45) is 0 Å². The lowest BCUT2D eigenvalue weighted by Crippen LogP contribution is -2.29. The number of methoxy groups -OCH3 is 1. The zero-order valence-corrected chi connectivity index (χ0v) is 10.7. The quantitative estimate of drug-likeness (QED) is 0.829. The summed E-state index contributed by atoms with van der Waals surface area (Å²) in [6.45, 7) is 0. The lowest BCUT2D eigenvalue weighted by atomic mass is 9.99. The maximum Gasteiger partial charge on any atom is 0.148 e. The number of benzene rings is 1. The minimum atomic E-state index is -1.24. The molecule has 0 saturated heterocycles. The first-order valence-corrected chi connectivity index (χ1v) is 7.01. The fourth-order valence-corrected chi connectivity index (χ4v) is 3.58. The van der Waals surface area contributed by atoms with E-state index in [4.69, 9.17) is 4.74 Å². The molecular weight excluding hydrogens is 236 g/mol. The summed E-state index contributed by atoms with van der Waals surface area (Å²) >= 11 is 0. The van der Waals surface area contributed by atoms with Crippen LogP contribution in [0.1, 0.15) is 25.7 Å². The third-order valence-corrected chi connectivity index (χ3v) is 4.76. The van der Waals surface area contributed by atoms with E-state index in [1.54, 1.807) is 25.3 Å². The van der Waals surface area contributed by atoms with Crippen molar-refractivity contribution in [3.8, 4) is 5.75 Å². The van der Waals surface area contributed by atoms with Crippen LogP contribution in [0, 0.1) is 0 Å². The van der Waals surface area contributed by atoms with Gasteiger partial charge in [-0.1, -0.05) is 12.5 Å². The van der Waals surface area contributed by atoms with Crippen LogP contribution < -0.4 is 4.74 Å². The molecule has 1 aliphatic carbocycles.